The SMILES string of the molecule is C/C=C(\NC(=O)C(NC(=O)C(CCCNC(C)C)NC(=O)C(C)C)C(C)OC(=O)C(NC(=O)C(Cc1ccccc1)N(C)C(=O)C(Cc1ccccc1)C(C)C)C(C)C)C(C)=O. The van der Waals surface area contributed by atoms with Gasteiger partial charge in [0.05, 0.1) is 5.70 Å². The lowest BCUT2D eigenvalue weighted by Gasteiger charge is -2.34. The molecule has 0 spiro atoms. The number of esters is 1. The standard InChI is InChI=1S/C48H72N6O8/c1-13-38(33(10)55)50-46(59)42(53-44(57)39(51-43(56)31(6)7)25-20-26-49-32(8)9)34(11)62-48(61)41(30(4)5)52-45(58)40(28-36-23-18-15-19-24-36)54(12)47(60)37(29(2)3)27-35-21-16-14-17-22-35/h13-19,21-24,29-32,34,37,39-42,49H,20,25-28H2,1-12H3,(H,50,59)(H,51,56)(H,52,58)(H,53,57)/b38-13-. The van der Waals surface area contributed by atoms with Gasteiger partial charge < -0.3 is 36.2 Å². The zero-order chi connectivity index (χ0) is 46.7. The van der Waals surface area contributed by atoms with Crippen LogP contribution in [-0.4, -0.2) is 96.1 Å². The highest BCUT2D eigenvalue weighted by atomic mass is 16.5. The second-order valence-corrected chi connectivity index (χ2v) is 17.3. The maximum Gasteiger partial charge on any atom is 0.329 e. The summed E-state index contributed by atoms with van der Waals surface area (Å²) in [7, 11) is 1.60. The molecule has 0 saturated carbocycles. The summed E-state index contributed by atoms with van der Waals surface area (Å²) >= 11 is 0. The number of carbonyl (C=O) groups excluding carboxylic acids is 7. The average Bonchev–Trinajstić information content (AvgIpc) is 3.22. The second-order valence-electron chi connectivity index (χ2n) is 17.3. The normalized spacial score (nSPS) is 14.6. The molecule has 0 saturated heterocycles. The van der Waals surface area contributed by atoms with Gasteiger partial charge in [0.15, 0.2) is 5.78 Å². The number of nitrogens with one attached hydrogen (secondary N) is 5. The molecule has 342 valence electrons. The quantitative estimate of drug-likeness (QED) is 0.0537. The minimum absolute atomic E-state index is 0.0314. The van der Waals surface area contributed by atoms with Crippen LogP contribution < -0.4 is 26.6 Å². The lowest BCUT2D eigenvalue weighted by atomic mass is 9.87. The third-order valence-electron chi connectivity index (χ3n) is 10.7. The number of allylic oxidation sites excluding steroid dienone is 2. The van der Waals surface area contributed by atoms with E-state index in [1.165, 1.54) is 24.8 Å². The number of Topliss-reactive ketones (excluding diaryl/α,β-unsaturated/α-hetero) is 1. The monoisotopic (exact) mass is 861 g/mol. The van der Waals surface area contributed by atoms with Gasteiger partial charge in [-0.05, 0) is 62.6 Å². The highest BCUT2D eigenvalue weighted by Gasteiger charge is 2.38. The Morgan fingerprint density at radius 1 is 0.677 bits per heavy atom. The fourth-order valence-electron chi connectivity index (χ4n) is 6.73. The summed E-state index contributed by atoms with van der Waals surface area (Å²) in [6.07, 6.45) is 1.50. The maximum atomic E-state index is 14.4. The lowest BCUT2D eigenvalue weighted by molar-refractivity contribution is -0.157. The smallest absolute Gasteiger partial charge is 0.329 e. The molecule has 14 heteroatoms. The first kappa shape index (κ1) is 52.8. The Labute approximate surface area is 369 Å². The van der Waals surface area contributed by atoms with Crippen molar-refractivity contribution >= 4 is 41.3 Å². The van der Waals surface area contributed by atoms with Crippen LogP contribution in [0.3, 0.4) is 0 Å². The summed E-state index contributed by atoms with van der Waals surface area (Å²) < 4.78 is 5.89. The van der Waals surface area contributed by atoms with E-state index in [9.17, 15) is 33.6 Å². The number of hydrogen-bond donors (Lipinski definition) is 5. The van der Waals surface area contributed by atoms with E-state index in [4.69, 9.17) is 4.74 Å². The van der Waals surface area contributed by atoms with Crippen LogP contribution >= 0.6 is 0 Å². The number of benzene rings is 2. The predicted molar refractivity (Wildman–Crippen MR) is 241 cm³/mol. The molecule has 62 heavy (non-hydrogen) atoms. The summed E-state index contributed by atoms with van der Waals surface area (Å²) in [6.45, 7) is 19.6. The zero-order valence-electron chi connectivity index (χ0n) is 38.9. The molecule has 2 aromatic rings. The molecule has 5 N–H and O–H groups in total. The Morgan fingerprint density at radius 2 is 1.23 bits per heavy atom. The van der Waals surface area contributed by atoms with E-state index in [-0.39, 0.29) is 42.3 Å². The van der Waals surface area contributed by atoms with Crippen LogP contribution in [-0.2, 0) is 51.1 Å². The molecule has 2 rings (SSSR count). The number of nitrogens with zero attached hydrogens (tertiary/aromatic N) is 1. The van der Waals surface area contributed by atoms with Gasteiger partial charge in [-0.3, -0.25) is 28.8 Å². The number of carbonyl (C=O) groups is 7. The van der Waals surface area contributed by atoms with E-state index in [0.29, 0.717) is 19.4 Å². The molecular formula is C48H72N6O8. The van der Waals surface area contributed by atoms with Gasteiger partial charge in [-0.25, -0.2) is 4.79 Å². The van der Waals surface area contributed by atoms with E-state index in [1.54, 1.807) is 41.7 Å². The van der Waals surface area contributed by atoms with Gasteiger partial charge >= 0.3 is 5.97 Å². The topological polar surface area (TPSA) is 192 Å². The number of hydrogen-bond acceptors (Lipinski definition) is 9. The lowest BCUT2D eigenvalue weighted by Crippen LogP contribution is -2.59. The molecule has 5 amide bonds. The van der Waals surface area contributed by atoms with Crippen molar-refractivity contribution in [1.29, 1.82) is 0 Å². The van der Waals surface area contributed by atoms with Crippen LogP contribution in [0.2, 0.25) is 0 Å². The summed E-state index contributed by atoms with van der Waals surface area (Å²) in [4.78, 5) is 97.1. The summed E-state index contributed by atoms with van der Waals surface area (Å²) in [6, 6.07) is 14.4. The Bertz CT molecular complexity index is 1810. The molecule has 0 aliphatic carbocycles. The summed E-state index contributed by atoms with van der Waals surface area (Å²) in [5, 5.41) is 14.1. The van der Waals surface area contributed by atoms with Gasteiger partial charge in [0, 0.05) is 38.3 Å². The molecule has 0 aromatic heterocycles. The number of likely N-dealkylation sites (N-methyl/N-ethyl adjacent to an activating group) is 1. The highest BCUT2D eigenvalue weighted by molar-refractivity contribution is 6.00. The molecule has 6 unspecified atom stereocenters. The van der Waals surface area contributed by atoms with Gasteiger partial charge in [-0.1, -0.05) is 122 Å². The van der Waals surface area contributed by atoms with E-state index in [0.717, 1.165) is 11.1 Å². The Balaban J connectivity index is 2.46. The first-order valence-electron chi connectivity index (χ1n) is 21.9. The fraction of sp³-hybridized carbons (Fsp3) is 0.562. The van der Waals surface area contributed by atoms with Crippen molar-refractivity contribution in [3.8, 4) is 0 Å². The maximum absolute atomic E-state index is 14.4. The molecule has 2 aromatic carbocycles. The fourth-order valence-corrected chi connectivity index (χ4v) is 6.73. The first-order chi connectivity index (χ1) is 29.2. The van der Waals surface area contributed by atoms with Crippen LogP contribution in [0.25, 0.3) is 0 Å². The largest absolute Gasteiger partial charge is 0.458 e. The minimum Gasteiger partial charge on any atom is -0.458 e. The van der Waals surface area contributed by atoms with Crippen LogP contribution in [0.15, 0.2) is 72.4 Å². The Kier molecular flexibility index (Phi) is 22.3. The number of rotatable bonds is 25. The second kappa shape index (κ2) is 26.2. The number of ketones is 1. The Morgan fingerprint density at radius 3 is 1.71 bits per heavy atom. The van der Waals surface area contributed by atoms with Gasteiger partial charge in [0.25, 0.3) is 5.91 Å². The third-order valence-corrected chi connectivity index (χ3v) is 10.7. The van der Waals surface area contributed by atoms with E-state index < -0.39 is 77.5 Å². The average molecular weight is 861 g/mol. The Hall–Kier alpha value is -5.37. The molecule has 0 bridgehead atoms. The van der Waals surface area contributed by atoms with Crippen molar-refractivity contribution in [1.82, 2.24) is 31.5 Å². The van der Waals surface area contributed by atoms with Crippen molar-refractivity contribution in [3.63, 3.8) is 0 Å². The van der Waals surface area contributed by atoms with E-state index >= 15 is 0 Å². The van der Waals surface area contributed by atoms with Gasteiger partial charge in [-0.15, -0.1) is 0 Å². The van der Waals surface area contributed by atoms with Crippen molar-refractivity contribution in [2.75, 3.05) is 13.6 Å². The van der Waals surface area contributed by atoms with Gasteiger partial charge in [-0.2, -0.15) is 0 Å². The molecule has 0 aliphatic rings. The summed E-state index contributed by atoms with van der Waals surface area (Å²) in [5.74, 6) is -5.40. The van der Waals surface area contributed by atoms with Gasteiger partial charge in [0.1, 0.15) is 30.3 Å². The summed E-state index contributed by atoms with van der Waals surface area (Å²) in [5.41, 5.74) is 1.77. The first-order valence-corrected chi connectivity index (χ1v) is 21.9. The van der Waals surface area contributed by atoms with Crippen molar-refractivity contribution in [2.24, 2.45) is 23.7 Å². The molecule has 6 atom stereocenters. The molecule has 0 aliphatic heterocycles. The molecule has 14 nitrogen and oxygen atoms in total. The predicted octanol–water partition coefficient (Wildman–Crippen LogP) is 4.66. The van der Waals surface area contributed by atoms with E-state index in [2.05, 4.69) is 26.6 Å². The number of ether oxygens (including phenoxy) is 1. The van der Waals surface area contributed by atoms with Crippen molar-refractivity contribution in [2.45, 2.75) is 138 Å². The molecule has 0 heterocycles. The van der Waals surface area contributed by atoms with Crippen LogP contribution in [0.1, 0.15) is 100 Å². The van der Waals surface area contributed by atoms with Gasteiger partial charge in [0.2, 0.25) is 23.6 Å². The van der Waals surface area contributed by atoms with E-state index in [1.807, 2.05) is 88.4 Å². The van der Waals surface area contributed by atoms with Crippen LogP contribution in [0, 0.1) is 23.7 Å². The molecule has 0 fully saturated rings. The highest BCUT2D eigenvalue weighted by Crippen LogP contribution is 2.22. The third kappa shape index (κ3) is 17.2. The number of amides is 5. The van der Waals surface area contributed by atoms with Crippen molar-refractivity contribution < 1.29 is 38.3 Å². The minimum atomic E-state index is -1.52. The van der Waals surface area contributed by atoms with Crippen molar-refractivity contribution in [3.05, 3.63) is 83.6 Å². The zero-order valence-corrected chi connectivity index (χ0v) is 38.9. The van der Waals surface area contributed by atoms with Crippen LogP contribution in [0.4, 0.5) is 0 Å². The van der Waals surface area contributed by atoms with Crippen LogP contribution in [0.5, 0.6) is 0 Å². The molecular weight excluding hydrogens is 789 g/mol. The molecule has 0 radical (unpaired) electrons.